The minimum Gasteiger partial charge on any atom is -0.396 e. The van der Waals surface area contributed by atoms with Crippen molar-refractivity contribution >= 4 is 17.2 Å². The molecule has 1 atom stereocenters. The number of hydrogen-bond donors (Lipinski definition) is 1. The Morgan fingerprint density at radius 2 is 2.30 bits per heavy atom. The normalized spacial score (nSPS) is 24.4. The molecule has 3 rings (SSSR count). The van der Waals surface area contributed by atoms with Gasteiger partial charge in [0.15, 0.2) is 5.15 Å². The first-order chi connectivity index (χ1) is 9.61. The molecule has 1 aliphatic rings. The molecule has 2 aromatic rings. The second-order valence-corrected chi connectivity index (χ2v) is 6.42. The van der Waals surface area contributed by atoms with Crippen molar-refractivity contribution < 1.29 is 5.11 Å². The van der Waals surface area contributed by atoms with Crippen LogP contribution >= 0.6 is 11.6 Å². The highest BCUT2D eigenvalue weighted by molar-refractivity contribution is 6.30. The monoisotopic (exact) mass is 293 g/mol. The predicted molar refractivity (Wildman–Crippen MR) is 79.9 cm³/mol. The number of piperidine rings is 1. The van der Waals surface area contributed by atoms with Crippen molar-refractivity contribution in [3.05, 3.63) is 35.2 Å². The van der Waals surface area contributed by atoms with Crippen molar-refractivity contribution in [2.45, 2.75) is 26.3 Å². The molecule has 1 aliphatic heterocycles. The van der Waals surface area contributed by atoms with Crippen LogP contribution in [0, 0.1) is 5.41 Å². The minimum atomic E-state index is 0.00518. The van der Waals surface area contributed by atoms with E-state index in [0.717, 1.165) is 43.8 Å². The van der Waals surface area contributed by atoms with E-state index in [9.17, 15) is 5.11 Å². The van der Waals surface area contributed by atoms with Gasteiger partial charge in [-0.05, 0) is 31.5 Å². The maximum absolute atomic E-state index is 9.55. The molecule has 0 aliphatic carbocycles. The fourth-order valence-corrected chi connectivity index (χ4v) is 3.30. The standard InChI is InChI=1S/C15H20ClN3O/c1-15(11-20)6-4-7-18(10-15)9-12-14(16)17-13-5-2-3-8-19(12)13/h2-3,5,8,20H,4,6-7,9-11H2,1H3. The highest BCUT2D eigenvalue weighted by Gasteiger charge is 2.31. The molecule has 20 heavy (non-hydrogen) atoms. The van der Waals surface area contributed by atoms with Crippen LogP contribution in [0.25, 0.3) is 5.65 Å². The third-order valence-electron chi connectivity index (χ3n) is 4.20. The lowest BCUT2D eigenvalue weighted by atomic mass is 9.83. The molecular weight excluding hydrogens is 274 g/mol. The summed E-state index contributed by atoms with van der Waals surface area (Å²) in [6.07, 6.45) is 4.20. The number of likely N-dealkylation sites (tertiary alicyclic amines) is 1. The lowest BCUT2D eigenvalue weighted by Crippen LogP contribution is -2.43. The highest BCUT2D eigenvalue weighted by Crippen LogP contribution is 2.30. The van der Waals surface area contributed by atoms with Crippen LogP contribution in [0.1, 0.15) is 25.5 Å². The van der Waals surface area contributed by atoms with Gasteiger partial charge < -0.3 is 9.51 Å². The zero-order valence-electron chi connectivity index (χ0n) is 11.7. The molecule has 0 amide bonds. The summed E-state index contributed by atoms with van der Waals surface area (Å²) in [6, 6.07) is 5.91. The van der Waals surface area contributed by atoms with Gasteiger partial charge in [-0.2, -0.15) is 0 Å². The van der Waals surface area contributed by atoms with Crippen molar-refractivity contribution in [3.63, 3.8) is 0 Å². The molecule has 1 fully saturated rings. The maximum Gasteiger partial charge on any atom is 0.152 e. The molecule has 0 saturated carbocycles. The van der Waals surface area contributed by atoms with Gasteiger partial charge in [-0.15, -0.1) is 0 Å². The van der Waals surface area contributed by atoms with Crippen LogP contribution < -0.4 is 0 Å². The Hall–Kier alpha value is -1.10. The molecule has 0 aromatic carbocycles. The summed E-state index contributed by atoms with van der Waals surface area (Å²) in [5.41, 5.74) is 1.92. The third kappa shape index (κ3) is 2.55. The molecule has 0 bridgehead atoms. The Morgan fingerprint density at radius 1 is 1.45 bits per heavy atom. The second-order valence-electron chi connectivity index (χ2n) is 6.06. The van der Waals surface area contributed by atoms with Crippen molar-refractivity contribution in [2.24, 2.45) is 5.41 Å². The number of aromatic nitrogens is 2. The molecular formula is C15H20ClN3O. The number of fused-ring (bicyclic) bond motifs is 1. The van der Waals surface area contributed by atoms with E-state index in [1.165, 1.54) is 0 Å². The smallest absolute Gasteiger partial charge is 0.152 e. The largest absolute Gasteiger partial charge is 0.396 e. The lowest BCUT2D eigenvalue weighted by Gasteiger charge is -2.39. The van der Waals surface area contributed by atoms with Gasteiger partial charge in [-0.25, -0.2) is 4.98 Å². The topological polar surface area (TPSA) is 40.8 Å². The van der Waals surface area contributed by atoms with Crippen LogP contribution in [-0.2, 0) is 6.54 Å². The van der Waals surface area contributed by atoms with E-state index in [2.05, 4.69) is 16.8 Å². The Balaban J connectivity index is 1.84. The number of aliphatic hydroxyl groups is 1. The highest BCUT2D eigenvalue weighted by atomic mass is 35.5. The van der Waals surface area contributed by atoms with E-state index < -0.39 is 0 Å². The van der Waals surface area contributed by atoms with Gasteiger partial charge in [0.2, 0.25) is 0 Å². The van der Waals surface area contributed by atoms with Crippen molar-refractivity contribution in [1.82, 2.24) is 14.3 Å². The molecule has 5 heteroatoms. The average molecular weight is 294 g/mol. The van der Waals surface area contributed by atoms with Crippen molar-refractivity contribution in [2.75, 3.05) is 19.7 Å². The minimum absolute atomic E-state index is 0.00518. The molecule has 4 nitrogen and oxygen atoms in total. The summed E-state index contributed by atoms with van der Waals surface area (Å²) in [7, 11) is 0. The van der Waals surface area contributed by atoms with Gasteiger partial charge in [0.1, 0.15) is 5.65 Å². The number of hydrogen-bond acceptors (Lipinski definition) is 3. The summed E-state index contributed by atoms with van der Waals surface area (Å²) in [5, 5.41) is 10.1. The molecule has 1 N–H and O–H groups in total. The van der Waals surface area contributed by atoms with Crippen LogP contribution in [0.3, 0.4) is 0 Å². The zero-order chi connectivity index (χ0) is 14.2. The van der Waals surface area contributed by atoms with Crippen LogP contribution in [0.4, 0.5) is 0 Å². The van der Waals surface area contributed by atoms with E-state index in [1.807, 2.05) is 28.8 Å². The fraction of sp³-hybridized carbons (Fsp3) is 0.533. The SMILES string of the molecule is CC1(CO)CCCN(Cc2c(Cl)nc3ccccn23)C1. The summed E-state index contributed by atoms with van der Waals surface area (Å²) >= 11 is 6.28. The summed E-state index contributed by atoms with van der Waals surface area (Å²) in [4.78, 5) is 6.75. The number of aliphatic hydroxyl groups excluding tert-OH is 1. The molecule has 2 aromatic heterocycles. The van der Waals surface area contributed by atoms with E-state index in [1.54, 1.807) is 0 Å². The third-order valence-corrected chi connectivity index (χ3v) is 4.50. The summed E-state index contributed by atoms with van der Waals surface area (Å²) < 4.78 is 2.05. The van der Waals surface area contributed by atoms with Gasteiger partial charge in [-0.3, -0.25) is 4.90 Å². The lowest BCUT2D eigenvalue weighted by molar-refractivity contribution is 0.0423. The average Bonchev–Trinajstić information content (AvgIpc) is 2.76. The first-order valence-corrected chi connectivity index (χ1v) is 7.44. The van der Waals surface area contributed by atoms with Crippen LogP contribution in [0.2, 0.25) is 5.15 Å². The number of halogens is 1. The summed E-state index contributed by atoms with van der Waals surface area (Å²) in [6.45, 7) is 5.12. The van der Waals surface area contributed by atoms with Gasteiger partial charge in [-0.1, -0.05) is 24.6 Å². The van der Waals surface area contributed by atoms with E-state index in [-0.39, 0.29) is 12.0 Å². The molecule has 1 unspecified atom stereocenters. The van der Waals surface area contributed by atoms with Gasteiger partial charge in [0.05, 0.1) is 5.69 Å². The number of rotatable bonds is 3. The Labute approximate surface area is 124 Å². The number of imidazole rings is 1. The Bertz CT molecular complexity index is 612. The number of nitrogens with zero attached hydrogens (tertiary/aromatic N) is 3. The number of pyridine rings is 1. The van der Waals surface area contributed by atoms with E-state index in [0.29, 0.717) is 5.15 Å². The predicted octanol–water partition coefficient (Wildman–Crippen LogP) is 2.58. The first-order valence-electron chi connectivity index (χ1n) is 7.06. The Morgan fingerprint density at radius 3 is 3.10 bits per heavy atom. The molecule has 1 saturated heterocycles. The molecule has 3 heterocycles. The fourth-order valence-electron chi connectivity index (χ4n) is 3.06. The second kappa shape index (κ2) is 5.35. The maximum atomic E-state index is 9.55. The van der Waals surface area contributed by atoms with Crippen LogP contribution in [0.5, 0.6) is 0 Å². The Kier molecular flexibility index (Phi) is 3.71. The van der Waals surface area contributed by atoms with Crippen LogP contribution in [-0.4, -0.2) is 39.1 Å². The molecule has 0 spiro atoms. The molecule has 108 valence electrons. The van der Waals surface area contributed by atoms with Gasteiger partial charge >= 0.3 is 0 Å². The van der Waals surface area contributed by atoms with E-state index in [4.69, 9.17) is 11.6 Å². The van der Waals surface area contributed by atoms with Crippen molar-refractivity contribution in [3.8, 4) is 0 Å². The van der Waals surface area contributed by atoms with Crippen molar-refractivity contribution in [1.29, 1.82) is 0 Å². The quantitative estimate of drug-likeness (QED) is 0.946. The zero-order valence-corrected chi connectivity index (χ0v) is 12.5. The van der Waals surface area contributed by atoms with Crippen LogP contribution in [0.15, 0.2) is 24.4 Å². The van der Waals surface area contributed by atoms with E-state index >= 15 is 0 Å². The molecule has 0 radical (unpaired) electrons. The first kappa shape index (κ1) is 13.9. The van der Waals surface area contributed by atoms with Gasteiger partial charge in [0.25, 0.3) is 0 Å². The summed E-state index contributed by atoms with van der Waals surface area (Å²) in [5.74, 6) is 0. The van der Waals surface area contributed by atoms with Gasteiger partial charge in [0, 0.05) is 31.3 Å².